The lowest BCUT2D eigenvalue weighted by Gasteiger charge is -2.07. The second-order valence-electron chi connectivity index (χ2n) is 6.05. The maximum absolute atomic E-state index is 12.1. The van der Waals surface area contributed by atoms with Gasteiger partial charge in [-0.25, -0.2) is 0 Å². The molecular formula is C20H21BrN2O. The maximum atomic E-state index is 12.1. The first-order valence-electron chi connectivity index (χ1n) is 8.10. The molecule has 0 unspecified atom stereocenters. The Balaban J connectivity index is 1.63. The Morgan fingerprint density at radius 2 is 1.96 bits per heavy atom. The monoisotopic (exact) mass is 384 g/mol. The molecule has 0 radical (unpaired) electrons. The van der Waals surface area contributed by atoms with Crippen LogP contribution in [-0.2, 0) is 24.7 Å². The molecule has 0 fully saturated rings. The number of amides is 1. The van der Waals surface area contributed by atoms with E-state index in [1.54, 1.807) is 0 Å². The summed E-state index contributed by atoms with van der Waals surface area (Å²) in [5, 5.41) is 4.31. The van der Waals surface area contributed by atoms with Crippen LogP contribution >= 0.6 is 15.9 Å². The number of nitrogens with one attached hydrogen (secondary N) is 1. The lowest BCUT2D eigenvalue weighted by molar-refractivity contribution is -0.120. The topological polar surface area (TPSA) is 34.0 Å². The second kappa shape index (κ2) is 7.22. The van der Waals surface area contributed by atoms with E-state index in [-0.39, 0.29) is 5.91 Å². The van der Waals surface area contributed by atoms with Crippen LogP contribution in [0.25, 0.3) is 10.9 Å². The number of aromatic nitrogens is 1. The van der Waals surface area contributed by atoms with Gasteiger partial charge in [0.1, 0.15) is 0 Å². The molecule has 0 saturated carbocycles. The van der Waals surface area contributed by atoms with Gasteiger partial charge < -0.3 is 9.88 Å². The van der Waals surface area contributed by atoms with E-state index in [9.17, 15) is 4.79 Å². The average molecular weight is 385 g/mol. The average Bonchev–Trinajstić information content (AvgIpc) is 2.80. The highest BCUT2D eigenvalue weighted by atomic mass is 79.9. The Kier molecular flexibility index (Phi) is 5.05. The Morgan fingerprint density at radius 3 is 2.75 bits per heavy atom. The van der Waals surface area contributed by atoms with Gasteiger partial charge in [-0.3, -0.25) is 4.79 Å². The molecule has 1 aromatic heterocycles. The van der Waals surface area contributed by atoms with Crippen molar-refractivity contribution in [2.45, 2.75) is 19.8 Å². The molecule has 0 aliphatic carbocycles. The zero-order valence-corrected chi connectivity index (χ0v) is 15.6. The molecule has 0 bridgehead atoms. The van der Waals surface area contributed by atoms with Crippen molar-refractivity contribution in [2.24, 2.45) is 7.05 Å². The van der Waals surface area contributed by atoms with Crippen LogP contribution in [-0.4, -0.2) is 17.0 Å². The third kappa shape index (κ3) is 3.54. The number of carbonyl (C=O) groups is 1. The first kappa shape index (κ1) is 16.8. The van der Waals surface area contributed by atoms with Gasteiger partial charge in [-0.1, -0.05) is 46.3 Å². The highest BCUT2D eigenvalue weighted by Crippen LogP contribution is 2.24. The molecular weight excluding hydrogens is 364 g/mol. The molecule has 0 saturated heterocycles. The molecule has 1 amide bonds. The van der Waals surface area contributed by atoms with Crippen molar-refractivity contribution in [1.82, 2.24) is 9.88 Å². The molecule has 3 aromatic rings. The normalized spacial score (nSPS) is 11.0. The van der Waals surface area contributed by atoms with Gasteiger partial charge in [-0.2, -0.15) is 0 Å². The number of para-hydroxylation sites is 1. The highest BCUT2D eigenvalue weighted by Gasteiger charge is 2.11. The molecule has 0 aliphatic heterocycles. The van der Waals surface area contributed by atoms with Crippen LogP contribution in [0, 0.1) is 6.92 Å². The summed E-state index contributed by atoms with van der Waals surface area (Å²) in [4.78, 5) is 12.1. The fourth-order valence-electron chi connectivity index (χ4n) is 3.14. The molecule has 3 nitrogen and oxygen atoms in total. The Morgan fingerprint density at radius 1 is 1.17 bits per heavy atom. The minimum absolute atomic E-state index is 0.0611. The molecule has 2 aromatic carbocycles. The third-order valence-corrected chi connectivity index (χ3v) is 4.97. The van der Waals surface area contributed by atoms with Crippen molar-refractivity contribution in [3.63, 3.8) is 0 Å². The number of aryl methyl sites for hydroxylation is 1. The standard InChI is InChI=1S/C20H21BrN2O/c1-14-17(18-8-3-4-9-19(18)23(14)2)10-11-22-20(24)13-15-6-5-7-16(21)12-15/h3-9,12H,10-11,13H2,1-2H3,(H,22,24). The number of rotatable bonds is 5. The van der Waals surface area contributed by atoms with Crippen LogP contribution in [0.5, 0.6) is 0 Å². The van der Waals surface area contributed by atoms with Crippen LogP contribution in [0.4, 0.5) is 0 Å². The maximum Gasteiger partial charge on any atom is 0.224 e. The van der Waals surface area contributed by atoms with E-state index < -0.39 is 0 Å². The first-order chi connectivity index (χ1) is 11.6. The van der Waals surface area contributed by atoms with Crippen molar-refractivity contribution in [1.29, 1.82) is 0 Å². The van der Waals surface area contributed by atoms with Gasteiger partial charge in [0.15, 0.2) is 0 Å². The summed E-state index contributed by atoms with van der Waals surface area (Å²) in [5.41, 5.74) is 4.84. The summed E-state index contributed by atoms with van der Waals surface area (Å²) >= 11 is 3.43. The van der Waals surface area contributed by atoms with Gasteiger partial charge in [0.25, 0.3) is 0 Å². The van der Waals surface area contributed by atoms with Gasteiger partial charge in [-0.15, -0.1) is 0 Å². The SMILES string of the molecule is Cc1c(CCNC(=O)Cc2cccc(Br)c2)c2ccccc2n1C. The van der Waals surface area contributed by atoms with E-state index in [4.69, 9.17) is 0 Å². The van der Waals surface area contributed by atoms with E-state index in [1.165, 1.54) is 22.2 Å². The quantitative estimate of drug-likeness (QED) is 0.704. The lowest BCUT2D eigenvalue weighted by atomic mass is 10.1. The molecule has 124 valence electrons. The fraction of sp³-hybridized carbons (Fsp3) is 0.250. The van der Waals surface area contributed by atoms with E-state index >= 15 is 0 Å². The Bertz CT molecular complexity index is 882. The van der Waals surface area contributed by atoms with Crippen molar-refractivity contribution in [3.05, 3.63) is 69.8 Å². The van der Waals surface area contributed by atoms with Gasteiger partial charge in [-0.05, 0) is 42.7 Å². The van der Waals surface area contributed by atoms with E-state index in [0.29, 0.717) is 13.0 Å². The molecule has 1 heterocycles. The van der Waals surface area contributed by atoms with Crippen LogP contribution in [0.1, 0.15) is 16.8 Å². The third-order valence-electron chi connectivity index (χ3n) is 4.48. The number of benzene rings is 2. The highest BCUT2D eigenvalue weighted by molar-refractivity contribution is 9.10. The number of fused-ring (bicyclic) bond motifs is 1. The lowest BCUT2D eigenvalue weighted by Crippen LogP contribution is -2.27. The zero-order chi connectivity index (χ0) is 17.1. The molecule has 0 atom stereocenters. The van der Waals surface area contributed by atoms with Crippen molar-refractivity contribution in [3.8, 4) is 0 Å². The summed E-state index contributed by atoms with van der Waals surface area (Å²) in [6.07, 6.45) is 1.26. The Hall–Kier alpha value is -2.07. The number of carbonyl (C=O) groups excluding carboxylic acids is 1. The van der Waals surface area contributed by atoms with Crippen LogP contribution < -0.4 is 5.32 Å². The summed E-state index contributed by atoms with van der Waals surface area (Å²) in [7, 11) is 2.09. The minimum atomic E-state index is 0.0611. The second-order valence-corrected chi connectivity index (χ2v) is 6.96. The van der Waals surface area contributed by atoms with Crippen LogP contribution in [0.3, 0.4) is 0 Å². The first-order valence-corrected chi connectivity index (χ1v) is 8.89. The molecule has 4 heteroatoms. The fourth-order valence-corrected chi connectivity index (χ4v) is 3.58. The predicted octanol–water partition coefficient (Wildman–Crippen LogP) is 4.15. The zero-order valence-electron chi connectivity index (χ0n) is 14.0. The summed E-state index contributed by atoms with van der Waals surface area (Å²) in [5.74, 6) is 0.0611. The summed E-state index contributed by atoms with van der Waals surface area (Å²) in [6, 6.07) is 16.3. The minimum Gasteiger partial charge on any atom is -0.355 e. The van der Waals surface area contributed by atoms with Crippen LogP contribution in [0.15, 0.2) is 53.0 Å². The van der Waals surface area contributed by atoms with Gasteiger partial charge in [0, 0.05) is 34.7 Å². The predicted molar refractivity (Wildman–Crippen MR) is 102 cm³/mol. The molecule has 3 rings (SSSR count). The van der Waals surface area contributed by atoms with E-state index in [2.05, 4.69) is 64.1 Å². The van der Waals surface area contributed by atoms with Gasteiger partial charge in [0.05, 0.1) is 6.42 Å². The summed E-state index contributed by atoms with van der Waals surface area (Å²) in [6.45, 7) is 2.79. The Labute approximate surface area is 150 Å². The van der Waals surface area contributed by atoms with Gasteiger partial charge in [0.2, 0.25) is 5.91 Å². The van der Waals surface area contributed by atoms with Crippen LogP contribution in [0.2, 0.25) is 0 Å². The van der Waals surface area contributed by atoms with E-state index in [1.807, 2.05) is 24.3 Å². The number of hydrogen-bond acceptors (Lipinski definition) is 1. The van der Waals surface area contributed by atoms with Gasteiger partial charge >= 0.3 is 0 Å². The number of nitrogens with zero attached hydrogens (tertiary/aromatic N) is 1. The van der Waals surface area contributed by atoms with Crippen molar-refractivity contribution >= 4 is 32.7 Å². The van der Waals surface area contributed by atoms with Crippen molar-refractivity contribution < 1.29 is 4.79 Å². The number of hydrogen-bond donors (Lipinski definition) is 1. The molecule has 24 heavy (non-hydrogen) atoms. The van der Waals surface area contributed by atoms with Crippen molar-refractivity contribution in [2.75, 3.05) is 6.54 Å². The number of halogens is 1. The van der Waals surface area contributed by atoms with E-state index in [0.717, 1.165) is 16.5 Å². The summed E-state index contributed by atoms with van der Waals surface area (Å²) < 4.78 is 3.22. The molecule has 0 spiro atoms. The molecule has 1 N–H and O–H groups in total. The largest absolute Gasteiger partial charge is 0.355 e. The molecule has 0 aliphatic rings. The smallest absolute Gasteiger partial charge is 0.224 e.